The van der Waals surface area contributed by atoms with E-state index in [0.717, 1.165) is 24.4 Å². The van der Waals surface area contributed by atoms with Gasteiger partial charge in [0.15, 0.2) is 0 Å². The van der Waals surface area contributed by atoms with Gasteiger partial charge in [0.1, 0.15) is 11.6 Å². The fraction of sp³-hybridized carbons (Fsp3) is 0.308. The Kier molecular flexibility index (Phi) is 4.33. The third-order valence-electron chi connectivity index (χ3n) is 2.80. The van der Waals surface area contributed by atoms with E-state index in [1.165, 1.54) is 12.1 Å². The van der Waals surface area contributed by atoms with E-state index in [2.05, 4.69) is 15.3 Å². The van der Waals surface area contributed by atoms with Gasteiger partial charge in [0, 0.05) is 36.4 Å². The van der Waals surface area contributed by atoms with E-state index in [4.69, 9.17) is 11.6 Å². The molecule has 0 aliphatic rings. The molecule has 1 heterocycles. The Bertz CT molecular complexity index is 499. The molecule has 96 valence electrons. The zero-order valence-electron chi connectivity index (χ0n) is 10.1. The lowest BCUT2D eigenvalue weighted by Gasteiger charge is -2.15. The summed E-state index contributed by atoms with van der Waals surface area (Å²) in [5.41, 5.74) is 0.900. The Morgan fingerprint density at radius 1 is 1.50 bits per heavy atom. The number of hydrogen-bond acceptors (Lipinski definition) is 2. The Morgan fingerprint density at radius 2 is 2.33 bits per heavy atom. The summed E-state index contributed by atoms with van der Waals surface area (Å²) >= 11 is 6.00. The summed E-state index contributed by atoms with van der Waals surface area (Å²) in [5.74, 6) is 0.631. The minimum atomic E-state index is -0.313. The van der Waals surface area contributed by atoms with Crippen molar-refractivity contribution in [2.75, 3.05) is 6.54 Å². The smallest absolute Gasteiger partial charge is 0.124 e. The van der Waals surface area contributed by atoms with E-state index in [-0.39, 0.29) is 11.9 Å². The highest BCUT2D eigenvalue weighted by atomic mass is 35.5. The summed E-state index contributed by atoms with van der Waals surface area (Å²) < 4.78 is 12.9. The second-order valence-electron chi connectivity index (χ2n) is 4.13. The van der Waals surface area contributed by atoms with Gasteiger partial charge < -0.3 is 10.3 Å². The van der Waals surface area contributed by atoms with Gasteiger partial charge in [0.05, 0.1) is 0 Å². The molecule has 0 bridgehead atoms. The number of aromatic amines is 1. The standard InChI is InChI=1S/C13H15ClFN3/c1-9(11-3-2-10(15)8-12(11)14)16-5-4-13-17-6-7-18-13/h2-3,6-9,16H,4-5H2,1H3,(H,17,18). The molecule has 0 radical (unpaired) electrons. The first-order valence-corrected chi connectivity index (χ1v) is 6.21. The number of benzene rings is 1. The van der Waals surface area contributed by atoms with Gasteiger partial charge in [-0.1, -0.05) is 17.7 Å². The molecule has 5 heteroatoms. The Labute approximate surface area is 110 Å². The number of imidazole rings is 1. The van der Waals surface area contributed by atoms with Gasteiger partial charge in [-0.25, -0.2) is 9.37 Å². The molecule has 1 unspecified atom stereocenters. The molecule has 0 saturated heterocycles. The van der Waals surface area contributed by atoms with E-state index < -0.39 is 0 Å². The van der Waals surface area contributed by atoms with Crippen LogP contribution < -0.4 is 5.32 Å². The number of rotatable bonds is 5. The Morgan fingerprint density at radius 3 is 3.00 bits per heavy atom. The summed E-state index contributed by atoms with van der Waals surface area (Å²) in [6.45, 7) is 2.78. The monoisotopic (exact) mass is 267 g/mol. The van der Waals surface area contributed by atoms with Crippen LogP contribution in [0.1, 0.15) is 24.4 Å². The Hall–Kier alpha value is -1.39. The van der Waals surface area contributed by atoms with Crippen LogP contribution in [0.2, 0.25) is 5.02 Å². The topological polar surface area (TPSA) is 40.7 Å². The van der Waals surface area contributed by atoms with E-state index in [9.17, 15) is 4.39 Å². The van der Waals surface area contributed by atoms with Crippen molar-refractivity contribution < 1.29 is 4.39 Å². The third-order valence-corrected chi connectivity index (χ3v) is 3.12. The molecule has 1 aromatic carbocycles. The minimum Gasteiger partial charge on any atom is -0.349 e. The number of aromatic nitrogens is 2. The van der Waals surface area contributed by atoms with E-state index in [1.807, 2.05) is 6.92 Å². The fourth-order valence-electron chi connectivity index (χ4n) is 1.80. The lowest BCUT2D eigenvalue weighted by atomic mass is 10.1. The number of nitrogens with zero attached hydrogens (tertiary/aromatic N) is 1. The van der Waals surface area contributed by atoms with Gasteiger partial charge in [-0.15, -0.1) is 0 Å². The maximum Gasteiger partial charge on any atom is 0.124 e. The zero-order valence-corrected chi connectivity index (χ0v) is 10.8. The van der Waals surface area contributed by atoms with Gasteiger partial charge in [-0.05, 0) is 24.6 Å². The van der Waals surface area contributed by atoms with Crippen molar-refractivity contribution in [3.8, 4) is 0 Å². The van der Waals surface area contributed by atoms with Crippen LogP contribution in [0.5, 0.6) is 0 Å². The van der Waals surface area contributed by atoms with Gasteiger partial charge in [0.25, 0.3) is 0 Å². The average Bonchev–Trinajstić information content (AvgIpc) is 2.81. The molecule has 0 saturated carbocycles. The normalized spacial score (nSPS) is 12.6. The summed E-state index contributed by atoms with van der Waals surface area (Å²) in [7, 11) is 0. The lowest BCUT2D eigenvalue weighted by Crippen LogP contribution is -2.22. The van der Waals surface area contributed by atoms with Crippen molar-refractivity contribution in [1.29, 1.82) is 0 Å². The van der Waals surface area contributed by atoms with Gasteiger partial charge in [0.2, 0.25) is 0 Å². The second kappa shape index (κ2) is 5.98. The first kappa shape index (κ1) is 13.1. The Balaban J connectivity index is 1.89. The molecule has 2 N–H and O–H groups in total. The first-order valence-electron chi connectivity index (χ1n) is 5.83. The molecule has 0 fully saturated rings. The third kappa shape index (κ3) is 3.31. The molecule has 1 aromatic heterocycles. The van der Waals surface area contributed by atoms with Crippen LogP contribution in [0.4, 0.5) is 4.39 Å². The zero-order chi connectivity index (χ0) is 13.0. The maximum atomic E-state index is 12.9. The number of hydrogen-bond donors (Lipinski definition) is 2. The molecular weight excluding hydrogens is 253 g/mol. The molecule has 0 aliphatic carbocycles. The second-order valence-corrected chi connectivity index (χ2v) is 4.53. The highest BCUT2D eigenvalue weighted by molar-refractivity contribution is 6.31. The number of halogens is 2. The largest absolute Gasteiger partial charge is 0.349 e. The molecular formula is C13H15ClFN3. The summed E-state index contributed by atoms with van der Waals surface area (Å²) in [6, 6.07) is 4.54. The van der Waals surface area contributed by atoms with Crippen LogP contribution in [0.25, 0.3) is 0 Å². The van der Waals surface area contributed by atoms with Gasteiger partial charge >= 0.3 is 0 Å². The van der Waals surface area contributed by atoms with E-state index >= 15 is 0 Å². The molecule has 2 rings (SSSR count). The predicted molar refractivity (Wildman–Crippen MR) is 70.1 cm³/mol. The van der Waals surface area contributed by atoms with Crippen LogP contribution in [0.3, 0.4) is 0 Å². The average molecular weight is 268 g/mol. The first-order chi connectivity index (χ1) is 8.66. The van der Waals surface area contributed by atoms with Crippen molar-refractivity contribution >= 4 is 11.6 Å². The maximum absolute atomic E-state index is 12.9. The van der Waals surface area contributed by atoms with E-state index in [0.29, 0.717) is 5.02 Å². The van der Waals surface area contributed by atoms with Crippen molar-refractivity contribution in [3.05, 3.63) is 52.8 Å². The van der Waals surface area contributed by atoms with Crippen LogP contribution >= 0.6 is 11.6 Å². The molecule has 0 amide bonds. The van der Waals surface area contributed by atoms with E-state index in [1.54, 1.807) is 18.5 Å². The molecule has 0 aliphatic heterocycles. The van der Waals surface area contributed by atoms with Crippen molar-refractivity contribution in [3.63, 3.8) is 0 Å². The summed E-state index contributed by atoms with van der Waals surface area (Å²) in [6.07, 6.45) is 4.35. The molecule has 3 nitrogen and oxygen atoms in total. The van der Waals surface area contributed by atoms with Gasteiger partial charge in [-0.3, -0.25) is 0 Å². The quantitative estimate of drug-likeness (QED) is 0.874. The number of H-pyrrole nitrogens is 1. The van der Waals surface area contributed by atoms with Crippen molar-refractivity contribution in [2.45, 2.75) is 19.4 Å². The van der Waals surface area contributed by atoms with Crippen LogP contribution in [0, 0.1) is 5.82 Å². The fourth-order valence-corrected chi connectivity index (χ4v) is 2.14. The van der Waals surface area contributed by atoms with Crippen LogP contribution in [0.15, 0.2) is 30.6 Å². The molecule has 1 atom stereocenters. The SMILES string of the molecule is CC(NCCc1ncc[nH]1)c1ccc(F)cc1Cl. The van der Waals surface area contributed by atoms with Gasteiger partial charge in [-0.2, -0.15) is 0 Å². The minimum absolute atomic E-state index is 0.0769. The molecule has 2 aromatic rings. The molecule has 0 spiro atoms. The predicted octanol–water partition coefficient (Wildman–Crippen LogP) is 3.10. The summed E-state index contributed by atoms with van der Waals surface area (Å²) in [5, 5.41) is 3.78. The van der Waals surface area contributed by atoms with Crippen molar-refractivity contribution in [1.82, 2.24) is 15.3 Å². The highest BCUT2D eigenvalue weighted by Crippen LogP contribution is 2.23. The van der Waals surface area contributed by atoms with Crippen LogP contribution in [-0.2, 0) is 6.42 Å². The molecule has 18 heavy (non-hydrogen) atoms. The highest BCUT2D eigenvalue weighted by Gasteiger charge is 2.09. The lowest BCUT2D eigenvalue weighted by molar-refractivity contribution is 0.568. The van der Waals surface area contributed by atoms with Crippen LogP contribution in [-0.4, -0.2) is 16.5 Å². The number of nitrogens with one attached hydrogen (secondary N) is 2. The summed E-state index contributed by atoms with van der Waals surface area (Å²) in [4.78, 5) is 7.19. The van der Waals surface area contributed by atoms with Crippen molar-refractivity contribution in [2.24, 2.45) is 0 Å².